The van der Waals surface area contributed by atoms with Crippen molar-refractivity contribution in [3.63, 3.8) is 0 Å². The Hall–Kier alpha value is -1.36. The highest BCUT2D eigenvalue weighted by Gasteiger charge is 2.09. The Kier molecular flexibility index (Phi) is 5.69. The average molecular weight is 255 g/mol. The van der Waals surface area contributed by atoms with Crippen molar-refractivity contribution >= 4 is 23.4 Å². The minimum Gasteiger partial charge on any atom is -0.492 e. The second kappa shape index (κ2) is 7.06. The molecule has 94 valence electrons. The highest BCUT2D eigenvalue weighted by atomic mass is 32.2. The van der Waals surface area contributed by atoms with E-state index in [0.29, 0.717) is 24.7 Å². The molecule has 0 heterocycles. The maximum Gasteiger partial charge on any atom is 0.316 e. The number of hydrogen-bond donors (Lipinski definition) is 1. The minimum atomic E-state index is -0.237. The van der Waals surface area contributed by atoms with Crippen molar-refractivity contribution in [2.75, 3.05) is 24.7 Å². The molecule has 0 spiro atoms. The molecular weight excluding hydrogens is 238 g/mol. The molecule has 0 aliphatic heterocycles. The van der Waals surface area contributed by atoms with E-state index in [2.05, 4.69) is 0 Å². The van der Waals surface area contributed by atoms with Gasteiger partial charge in [0, 0.05) is 4.90 Å². The van der Waals surface area contributed by atoms with Crippen molar-refractivity contribution in [1.82, 2.24) is 0 Å². The van der Waals surface area contributed by atoms with Crippen LogP contribution in [0.1, 0.15) is 13.8 Å². The molecule has 5 heteroatoms. The zero-order chi connectivity index (χ0) is 12.7. The number of benzene rings is 1. The molecule has 0 radical (unpaired) electrons. The van der Waals surface area contributed by atoms with E-state index < -0.39 is 0 Å². The largest absolute Gasteiger partial charge is 0.492 e. The number of hydrogen-bond acceptors (Lipinski definition) is 5. The Balaban J connectivity index is 2.64. The standard InChI is InChI=1S/C12H17NO3S/c1-3-15-9-6-5-7-10(12(9)13)17-8-11(14)16-4-2/h5-7H,3-4,8,13H2,1-2H3. The molecule has 0 unspecified atom stereocenters. The number of nitrogens with two attached hydrogens (primary N) is 1. The monoisotopic (exact) mass is 255 g/mol. The van der Waals surface area contributed by atoms with Gasteiger partial charge in [0.05, 0.1) is 24.7 Å². The number of nitrogen functional groups attached to an aromatic ring is 1. The predicted octanol–water partition coefficient (Wildman–Crippen LogP) is 2.32. The smallest absolute Gasteiger partial charge is 0.316 e. The van der Waals surface area contributed by atoms with Crippen LogP contribution in [0, 0.1) is 0 Å². The van der Waals surface area contributed by atoms with Gasteiger partial charge in [-0.1, -0.05) is 6.07 Å². The predicted molar refractivity (Wildman–Crippen MR) is 69.4 cm³/mol. The van der Waals surface area contributed by atoms with Gasteiger partial charge in [0.1, 0.15) is 5.75 Å². The minimum absolute atomic E-state index is 0.237. The normalized spacial score (nSPS) is 10.0. The molecule has 0 amide bonds. The average Bonchev–Trinajstić information content (AvgIpc) is 2.31. The third-order valence-electron chi connectivity index (χ3n) is 1.98. The number of thioether (sulfide) groups is 1. The molecule has 0 aliphatic carbocycles. The highest BCUT2D eigenvalue weighted by molar-refractivity contribution is 8.00. The van der Waals surface area contributed by atoms with Crippen molar-refractivity contribution in [1.29, 1.82) is 0 Å². The van der Waals surface area contributed by atoms with Crippen LogP contribution in [0.3, 0.4) is 0 Å². The van der Waals surface area contributed by atoms with Crippen LogP contribution in [0.5, 0.6) is 5.75 Å². The number of carbonyl (C=O) groups is 1. The van der Waals surface area contributed by atoms with Gasteiger partial charge < -0.3 is 15.2 Å². The lowest BCUT2D eigenvalue weighted by Gasteiger charge is -2.10. The first kappa shape index (κ1) is 13.7. The van der Waals surface area contributed by atoms with E-state index in [9.17, 15) is 4.79 Å². The molecule has 1 rings (SSSR count). The maximum atomic E-state index is 11.2. The van der Waals surface area contributed by atoms with Crippen LogP contribution in [-0.4, -0.2) is 24.9 Å². The Morgan fingerprint density at radius 1 is 1.35 bits per heavy atom. The summed E-state index contributed by atoms with van der Waals surface area (Å²) in [6.45, 7) is 4.65. The van der Waals surface area contributed by atoms with E-state index in [1.165, 1.54) is 11.8 Å². The highest BCUT2D eigenvalue weighted by Crippen LogP contribution is 2.32. The third kappa shape index (κ3) is 4.19. The van der Waals surface area contributed by atoms with E-state index in [0.717, 1.165) is 4.90 Å². The first-order valence-corrected chi connectivity index (χ1v) is 6.47. The van der Waals surface area contributed by atoms with Crippen molar-refractivity contribution in [2.24, 2.45) is 0 Å². The molecule has 1 aromatic rings. The second-order valence-electron chi connectivity index (χ2n) is 3.19. The topological polar surface area (TPSA) is 61.5 Å². The zero-order valence-corrected chi connectivity index (χ0v) is 10.9. The van der Waals surface area contributed by atoms with Crippen molar-refractivity contribution in [3.8, 4) is 5.75 Å². The van der Waals surface area contributed by atoms with Crippen LogP contribution < -0.4 is 10.5 Å². The van der Waals surface area contributed by atoms with Gasteiger partial charge in [0.15, 0.2) is 0 Å². The molecule has 17 heavy (non-hydrogen) atoms. The summed E-state index contributed by atoms with van der Waals surface area (Å²) in [4.78, 5) is 12.1. The number of para-hydroxylation sites is 1. The van der Waals surface area contributed by atoms with Gasteiger partial charge in [-0.25, -0.2) is 0 Å². The summed E-state index contributed by atoms with van der Waals surface area (Å²) >= 11 is 1.36. The third-order valence-corrected chi connectivity index (χ3v) is 3.02. The summed E-state index contributed by atoms with van der Waals surface area (Å²) in [6, 6.07) is 5.53. The summed E-state index contributed by atoms with van der Waals surface area (Å²) in [5.74, 6) is 0.674. The van der Waals surface area contributed by atoms with Crippen molar-refractivity contribution < 1.29 is 14.3 Å². The van der Waals surface area contributed by atoms with E-state index in [-0.39, 0.29) is 11.7 Å². The van der Waals surface area contributed by atoms with Gasteiger partial charge in [-0.05, 0) is 26.0 Å². The number of rotatable bonds is 6. The molecule has 0 atom stereocenters. The van der Waals surface area contributed by atoms with Crippen LogP contribution in [0.25, 0.3) is 0 Å². The van der Waals surface area contributed by atoms with Crippen LogP contribution in [0.2, 0.25) is 0 Å². The number of carbonyl (C=O) groups excluding carboxylic acids is 1. The molecule has 4 nitrogen and oxygen atoms in total. The molecule has 0 saturated heterocycles. The summed E-state index contributed by atoms with van der Waals surface area (Å²) in [5.41, 5.74) is 6.50. The molecular formula is C12H17NO3S. The van der Waals surface area contributed by atoms with Crippen LogP contribution >= 0.6 is 11.8 Å². The Bertz CT molecular complexity index is 382. The first-order valence-electron chi connectivity index (χ1n) is 5.48. The number of ether oxygens (including phenoxy) is 2. The van der Waals surface area contributed by atoms with Gasteiger partial charge in [-0.15, -0.1) is 11.8 Å². The first-order chi connectivity index (χ1) is 8.19. The Morgan fingerprint density at radius 3 is 2.76 bits per heavy atom. The quantitative estimate of drug-likeness (QED) is 0.480. The van der Waals surface area contributed by atoms with Crippen LogP contribution in [0.4, 0.5) is 5.69 Å². The summed E-state index contributed by atoms with van der Waals surface area (Å²) < 4.78 is 10.2. The lowest BCUT2D eigenvalue weighted by molar-refractivity contribution is -0.139. The van der Waals surface area contributed by atoms with E-state index in [1.807, 2.05) is 25.1 Å². The number of esters is 1. The molecule has 1 aromatic carbocycles. The van der Waals surface area contributed by atoms with Gasteiger partial charge in [-0.3, -0.25) is 4.79 Å². The lowest BCUT2D eigenvalue weighted by atomic mass is 10.3. The van der Waals surface area contributed by atoms with Gasteiger partial charge in [0.25, 0.3) is 0 Å². The summed E-state index contributed by atoms with van der Waals surface area (Å²) in [5, 5.41) is 0. The SMILES string of the molecule is CCOC(=O)CSc1cccc(OCC)c1N. The zero-order valence-electron chi connectivity index (χ0n) is 10.1. The fourth-order valence-electron chi connectivity index (χ4n) is 1.27. The molecule has 0 aromatic heterocycles. The van der Waals surface area contributed by atoms with Crippen molar-refractivity contribution in [3.05, 3.63) is 18.2 Å². The van der Waals surface area contributed by atoms with Crippen LogP contribution in [-0.2, 0) is 9.53 Å². The molecule has 2 N–H and O–H groups in total. The van der Waals surface area contributed by atoms with E-state index >= 15 is 0 Å². The van der Waals surface area contributed by atoms with Crippen molar-refractivity contribution in [2.45, 2.75) is 18.7 Å². The molecule has 0 bridgehead atoms. The Morgan fingerprint density at radius 2 is 2.12 bits per heavy atom. The second-order valence-corrected chi connectivity index (χ2v) is 4.21. The maximum absolute atomic E-state index is 11.2. The fraction of sp³-hybridized carbons (Fsp3) is 0.417. The van der Waals surface area contributed by atoms with E-state index in [4.69, 9.17) is 15.2 Å². The van der Waals surface area contributed by atoms with E-state index in [1.54, 1.807) is 6.92 Å². The summed E-state index contributed by atoms with van der Waals surface area (Å²) in [7, 11) is 0. The fourth-order valence-corrected chi connectivity index (χ4v) is 2.06. The van der Waals surface area contributed by atoms with Gasteiger partial charge >= 0.3 is 5.97 Å². The molecule has 0 aliphatic rings. The number of anilines is 1. The molecule has 0 saturated carbocycles. The van der Waals surface area contributed by atoms with Gasteiger partial charge in [-0.2, -0.15) is 0 Å². The van der Waals surface area contributed by atoms with Gasteiger partial charge in [0.2, 0.25) is 0 Å². The lowest BCUT2D eigenvalue weighted by Crippen LogP contribution is -2.07. The Labute approximate surface area is 105 Å². The summed E-state index contributed by atoms with van der Waals surface area (Å²) in [6.07, 6.45) is 0. The van der Waals surface area contributed by atoms with Crippen LogP contribution in [0.15, 0.2) is 23.1 Å². The molecule has 0 fully saturated rings.